The summed E-state index contributed by atoms with van der Waals surface area (Å²) in [5.41, 5.74) is 2.52. The molecule has 0 aliphatic heterocycles. The van der Waals surface area contributed by atoms with Gasteiger partial charge < -0.3 is 4.90 Å². The average molecular weight is 205 g/mol. The first-order valence-electron chi connectivity index (χ1n) is 5.28. The van der Waals surface area contributed by atoms with Crippen molar-refractivity contribution < 1.29 is 4.79 Å². The van der Waals surface area contributed by atoms with Crippen LogP contribution in [0.3, 0.4) is 0 Å². The van der Waals surface area contributed by atoms with E-state index in [1.807, 2.05) is 19.1 Å². The van der Waals surface area contributed by atoms with E-state index in [-0.39, 0.29) is 11.8 Å². The summed E-state index contributed by atoms with van der Waals surface area (Å²) >= 11 is 0. The standard InChI is InChI=1S/C13H19NO/c1-10-7-5-6-8-12(10)9-11(2)13(15)14(3)4/h5-8,11H,9H2,1-4H3. The Balaban J connectivity index is 2.71. The molecule has 1 rings (SSSR count). The molecule has 1 aromatic carbocycles. The van der Waals surface area contributed by atoms with Gasteiger partial charge in [-0.05, 0) is 24.5 Å². The first-order valence-corrected chi connectivity index (χ1v) is 5.28. The molecule has 0 aromatic heterocycles. The van der Waals surface area contributed by atoms with Crippen molar-refractivity contribution in [1.29, 1.82) is 0 Å². The molecule has 0 saturated carbocycles. The van der Waals surface area contributed by atoms with Crippen molar-refractivity contribution in [3.05, 3.63) is 35.4 Å². The van der Waals surface area contributed by atoms with Gasteiger partial charge in [-0.15, -0.1) is 0 Å². The smallest absolute Gasteiger partial charge is 0.225 e. The Morgan fingerprint density at radius 3 is 2.47 bits per heavy atom. The number of rotatable bonds is 3. The van der Waals surface area contributed by atoms with Crippen molar-refractivity contribution in [2.75, 3.05) is 14.1 Å². The van der Waals surface area contributed by atoms with Crippen LogP contribution >= 0.6 is 0 Å². The van der Waals surface area contributed by atoms with Gasteiger partial charge in [-0.3, -0.25) is 4.79 Å². The number of amides is 1. The number of benzene rings is 1. The second-order valence-corrected chi connectivity index (χ2v) is 4.26. The summed E-state index contributed by atoms with van der Waals surface area (Å²) in [7, 11) is 3.60. The fourth-order valence-corrected chi connectivity index (χ4v) is 1.70. The molecule has 1 amide bonds. The van der Waals surface area contributed by atoms with Crippen molar-refractivity contribution in [1.82, 2.24) is 4.90 Å². The number of nitrogens with zero attached hydrogens (tertiary/aromatic N) is 1. The summed E-state index contributed by atoms with van der Waals surface area (Å²) in [6.07, 6.45) is 0.823. The Bertz CT molecular complexity index is 344. The predicted octanol–water partition coefficient (Wildman–Crippen LogP) is 2.26. The molecular formula is C13H19NO. The molecule has 0 bridgehead atoms. The van der Waals surface area contributed by atoms with Gasteiger partial charge in [0.15, 0.2) is 0 Å². The Hall–Kier alpha value is -1.31. The van der Waals surface area contributed by atoms with Crippen LogP contribution < -0.4 is 0 Å². The molecule has 1 atom stereocenters. The van der Waals surface area contributed by atoms with Crippen LogP contribution in [0.4, 0.5) is 0 Å². The molecular weight excluding hydrogens is 186 g/mol. The molecule has 0 aliphatic carbocycles. The van der Waals surface area contributed by atoms with Crippen LogP contribution in [0.15, 0.2) is 24.3 Å². The van der Waals surface area contributed by atoms with E-state index in [1.54, 1.807) is 19.0 Å². The Kier molecular flexibility index (Phi) is 3.89. The number of carbonyl (C=O) groups excluding carboxylic acids is 1. The van der Waals surface area contributed by atoms with Crippen LogP contribution in [-0.4, -0.2) is 24.9 Å². The largest absolute Gasteiger partial charge is 0.349 e. The molecule has 0 heterocycles. The topological polar surface area (TPSA) is 20.3 Å². The van der Waals surface area contributed by atoms with Crippen molar-refractivity contribution in [2.24, 2.45) is 5.92 Å². The second kappa shape index (κ2) is 4.96. The predicted molar refractivity (Wildman–Crippen MR) is 62.7 cm³/mol. The van der Waals surface area contributed by atoms with Gasteiger partial charge in [-0.25, -0.2) is 0 Å². The van der Waals surface area contributed by atoms with Crippen LogP contribution in [0, 0.1) is 12.8 Å². The minimum Gasteiger partial charge on any atom is -0.349 e. The minimum absolute atomic E-state index is 0.0566. The molecule has 82 valence electrons. The maximum atomic E-state index is 11.7. The fourth-order valence-electron chi connectivity index (χ4n) is 1.70. The summed E-state index contributed by atoms with van der Waals surface area (Å²) in [5, 5.41) is 0. The van der Waals surface area contributed by atoms with Crippen molar-refractivity contribution in [3.63, 3.8) is 0 Å². The van der Waals surface area contributed by atoms with E-state index < -0.39 is 0 Å². The van der Waals surface area contributed by atoms with Gasteiger partial charge in [0.1, 0.15) is 0 Å². The molecule has 2 nitrogen and oxygen atoms in total. The Labute approximate surface area is 91.9 Å². The normalized spacial score (nSPS) is 12.3. The maximum Gasteiger partial charge on any atom is 0.225 e. The van der Waals surface area contributed by atoms with Crippen molar-refractivity contribution >= 4 is 5.91 Å². The molecule has 1 aromatic rings. The lowest BCUT2D eigenvalue weighted by molar-refractivity contribution is -0.132. The van der Waals surface area contributed by atoms with E-state index in [0.717, 1.165) is 6.42 Å². The monoisotopic (exact) mass is 205 g/mol. The van der Waals surface area contributed by atoms with Crippen LogP contribution in [0.1, 0.15) is 18.1 Å². The lowest BCUT2D eigenvalue weighted by Crippen LogP contribution is -2.29. The second-order valence-electron chi connectivity index (χ2n) is 4.26. The quantitative estimate of drug-likeness (QED) is 0.741. The third-order valence-corrected chi connectivity index (χ3v) is 2.65. The Morgan fingerprint density at radius 2 is 1.93 bits per heavy atom. The highest BCUT2D eigenvalue weighted by Crippen LogP contribution is 2.14. The van der Waals surface area contributed by atoms with Gasteiger partial charge in [-0.2, -0.15) is 0 Å². The number of hydrogen-bond donors (Lipinski definition) is 0. The Morgan fingerprint density at radius 1 is 1.33 bits per heavy atom. The van der Waals surface area contributed by atoms with Crippen molar-refractivity contribution in [2.45, 2.75) is 20.3 Å². The van der Waals surface area contributed by atoms with Crippen LogP contribution in [0.2, 0.25) is 0 Å². The zero-order valence-corrected chi connectivity index (χ0v) is 9.95. The molecule has 0 saturated heterocycles. The fraction of sp³-hybridized carbons (Fsp3) is 0.462. The highest BCUT2D eigenvalue weighted by molar-refractivity contribution is 5.78. The van der Waals surface area contributed by atoms with Crippen LogP contribution in [-0.2, 0) is 11.2 Å². The first kappa shape index (κ1) is 11.8. The van der Waals surface area contributed by atoms with Crippen LogP contribution in [0.5, 0.6) is 0 Å². The van der Waals surface area contributed by atoms with E-state index >= 15 is 0 Å². The van der Waals surface area contributed by atoms with E-state index in [4.69, 9.17) is 0 Å². The third-order valence-electron chi connectivity index (χ3n) is 2.65. The molecule has 0 fully saturated rings. The van der Waals surface area contributed by atoms with Crippen LogP contribution in [0.25, 0.3) is 0 Å². The maximum absolute atomic E-state index is 11.7. The van der Waals surface area contributed by atoms with E-state index in [0.29, 0.717) is 0 Å². The highest BCUT2D eigenvalue weighted by atomic mass is 16.2. The van der Waals surface area contributed by atoms with E-state index in [9.17, 15) is 4.79 Å². The molecule has 1 unspecified atom stereocenters. The zero-order chi connectivity index (χ0) is 11.4. The zero-order valence-electron chi connectivity index (χ0n) is 9.95. The number of aryl methyl sites for hydroxylation is 1. The highest BCUT2D eigenvalue weighted by Gasteiger charge is 2.15. The SMILES string of the molecule is Cc1ccccc1CC(C)C(=O)N(C)C. The van der Waals surface area contributed by atoms with Gasteiger partial charge >= 0.3 is 0 Å². The van der Waals surface area contributed by atoms with Gasteiger partial charge in [-0.1, -0.05) is 31.2 Å². The summed E-state index contributed by atoms with van der Waals surface area (Å²) in [5.74, 6) is 0.249. The third kappa shape index (κ3) is 3.08. The summed E-state index contributed by atoms with van der Waals surface area (Å²) in [4.78, 5) is 13.3. The molecule has 0 radical (unpaired) electrons. The summed E-state index contributed by atoms with van der Waals surface area (Å²) in [6, 6.07) is 8.23. The van der Waals surface area contributed by atoms with Crippen molar-refractivity contribution in [3.8, 4) is 0 Å². The van der Waals surface area contributed by atoms with E-state index in [1.165, 1.54) is 11.1 Å². The number of hydrogen-bond acceptors (Lipinski definition) is 1. The minimum atomic E-state index is 0.0566. The molecule has 0 aliphatic rings. The summed E-state index contributed by atoms with van der Waals surface area (Å²) in [6.45, 7) is 4.07. The number of carbonyl (C=O) groups is 1. The molecule has 15 heavy (non-hydrogen) atoms. The first-order chi connectivity index (χ1) is 7.02. The van der Waals surface area contributed by atoms with Gasteiger partial charge in [0.05, 0.1) is 0 Å². The summed E-state index contributed by atoms with van der Waals surface area (Å²) < 4.78 is 0. The van der Waals surface area contributed by atoms with Gasteiger partial charge in [0.25, 0.3) is 0 Å². The molecule has 0 N–H and O–H groups in total. The lowest BCUT2D eigenvalue weighted by atomic mass is 9.97. The molecule has 0 spiro atoms. The lowest BCUT2D eigenvalue weighted by Gasteiger charge is -2.17. The average Bonchev–Trinajstić information content (AvgIpc) is 2.20. The van der Waals surface area contributed by atoms with Gasteiger partial charge in [0.2, 0.25) is 5.91 Å². The van der Waals surface area contributed by atoms with Gasteiger partial charge in [0, 0.05) is 20.0 Å². The molecule has 2 heteroatoms. The van der Waals surface area contributed by atoms with E-state index in [2.05, 4.69) is 19.1 Å².